The molecule has 4 atom stereocenters. The van der Waals surface area contributed by atoms with E-state index in [1.165, 1.54) is 6.92 Å². The molecule has 1 saturated heterocycles. The first-order valence-corrected chi connectivity index (χ1v) is 12.8. The van der Waals surface area contributed by atoms with Crippen molar-refractivity contribution in [1.82, 2.24) is 19.6 Å². The van der Waals surface area contributed by atoms with Crippen LogP contribution in [0.4, 0.5) is 5.13 Å². The molecule has 2 amide bonds. The number of carbonyl (C=O) groups excluding carboxylic acids is 4. The van der Waals surface area contributed by atoms with E-state index in [0.717, 1.165) is 34.6 Å². The molecule has 14 nitrogen and oxygen atoms in total. The maximum absolute atomic E-state index is 13.1. The lowest BCUT2D eigenvalue weighted by atomic mass is 10.0. The Bertz CT molecular complexity index is 1260. The fourth-order valence-corrected chi connectivity index (χ4v) is 5.60. The van der Waals surface area contributed by atoms with E-state index in [1.807, 2.05) is 6.08 Å². The highest BCUT2D eigenvalue weighted by molar-refractivity contribution is 8.00. The van der Waals surface area contributed by atoms with Gasteiger partial charge >= 0.3 is 11.9 Å². The van der Waals surface area contributed by atoms with E-state index in [9.17, 15) is 29.1 Å². The summed E-state index contributed by atoms with van der Waals surface area (Å²) in [6.07, 6.45) is 4.33. The maximum atomic E-state index is 13.1. The number of carbonyl (C=O) groups is 5. The largest absolute Gasteiger partial charge is 0.476 e. The molecular weight excluding hydrogens is 528 g/mol. The van der Waals surface area contributed by atoms with Gasteiger partial charge in [-0.2, -0.15) is 9.36 Å². The second kappa shape index (κ2) is 10.7. The average molecular weight is 551 g/mol. The van der Waals surface area contributed by atoms with Crippen molar-refractivity contribution in [3.05, 3.63) is 29.4 Å². The highest BCUT2D eigenvalue weighted by Gasteiger charge is 2.57. The average Bonchev–Trinajstić information content (AvgIpc) is 3.50. The fourth-order valence-electron chi connectivity index (χ4n) is 3.80. The summed E-state index contributed by atoms with van der Waals surface area (Å²) < 4.78 is 9.15. The summed E-state index contributed by atoms with van der Waals surface area (Å²) >= 11 is 1.95. The van der Waals surface area contributed by atoms with Gasteiger partial charge < -0.3 is 25.7 Å². The van der Waals surface area contributed by atoms with Crippen molar-refractivity contribution in [2.24, 2.45) is 5.16 Å². The quantitative estimate of drug-likeness (QED) is 0.0940. The standard InChI is InChI=1S/C21H22N6O8S2/c1-8(28)7-11(29)34-15-9(2)36-19-13(18(31)27(19)14(15)20(32)33)23-17(30)12(16-24-21(22)37-26-16)25-35-10-5-3-4-6-10/h3,5,9-10,13,19H,4,6-7H2,1-2H3,(H,23,30)(H,32,33)(H2,22,24,26)/t9?,10?,13?,19-/m1/s1. The summed E-state index contributed by atoms with van der Waals surface area (Å²) in [4.78, 5) is 71.7. The molecule has 2 aliphatic heterocycles. The van der Waals surface area contributed by atoms with Crippen molar-refractivity contribution in [2.75, 3.05) is 5.73 Å². The van der Waals surface area contributed by atoms with Crippen molar-refractivity contribution < 1.29 is 38.7 Å². The Kier molecular flexibility index (Phi) is 7.58. The van der Waals surface area contributed by atoms with Gasteiger partial charge in [-0.05, 0) is 32.8 Å². The number of β-lactam (4-membered cyclic amide) rings is 1. The van der Waals surface area contributed by atoms with Crippen LogP contribution >= 0.6 is 23.3 Å². The van der Waals surface area contributed by atoms with Gasteiger partial charge in [0.2, 0.25) is 11.5 Å². The Morgan fingerprint density at radius 3 is 2.70 bits per heavy atom. The maximum Gasteiger partial charge on any atom is 0.356 e. The number of rotatable bonds is 9. The van der Waals surface area contributed by atoms with E-state index in [0.29, 0.717) is 6.42 Å². The lowest BCUT2D eigenvalue weighted by Gasteiger charge is -2.50. The van der Waals surface area contributed by atoms with Gasteiger partial charge in [0.25, 0.3) is 11.8 Å². The van der Waals surface area contributed by atoms with E-state index in [1.54, 1.807) is 13.0 Å². The van der Waals surface area contributed by atoms with E-state index < -0.39 is 58.3 Å². The molecule has 0 aromatic carbocycles. The predicted molar refractivity (Wildman–Crippen MR) is 130 cm³/mol. The van der Waals surface area contributed by atoms with Crippen molar-refractivity contribution in [3.8, 4) is 0 Å². The molecule has 4 rings (SSSR count). The molecule has 4 N–H and O–H groups in total. The molecule has 0 bridgehead atoms. The Labute approximate surface area is 218 Å². The van der Waals surface area contributed by atoms with Crippen molar-refractivity contribution in [3.63, 3.8) is 0 Å². The molecule has 37 heavy (non-hydrogen) atoms. The highest BCUT2D eigenvalue weighted by Crippen LogP contribution is 2.44. The molecule has 196 valence electrons. The van der Waals surface area contributed by atoms with Crippen LogP contribution in [0, 0.1) is 0 Å². The normalized spacial score (nSPS) is 24.9. The molecular formula is C21H22N6O8S2. The minimum Gasteiger partial charge on any atom is -0.476 e. The Hall–Kier alpha value is -3.79. The minimum absolute atomic E-state index is 0.0824. The zero-order valence-electron chi connectivity index (χ0n) is 19.6. The second-order valence-electron chi connectivity index (χ2n) is 8.24. The van der Waals surface area contributed by atoms with Crippen LogP contribution in [0.3, 0.4) is 0 Å². The van der Waals surface area contributed by atoms with Crippen molar-refractivity contribution in [1.29, 1.82) is 0 Å². The third kappa shape index (κ3) is 5.48. The van der Waals surface area contributed by atoms with Gasteiger partial charge in [0.1, 0.15) is 29.7 Å². The number of nitrogens with two attached hydrogens (primary N) is 1. The number of nitrogens with zero attached hydrogens (tertiary/aromatic N) is 4. The molecule has 1 aliphatic carbocycles. The number of thioether (sulfide) groups is 1. The molecule has 0 spiro atoms. The summed E-state index contributed by atoms with van der Waals surface area (Å²) in [5.41, 5.74) is 4.83. The van der Waals surface area contributed by atoms with Crippen LogP contribution in [0.25, 0.3) is 0 Å². The Balaban J connectivity index is 1.54. The number of allylic oxidation sites excluding steroid dienone is 1. The zero-order valence-corrected chi connectivity index (χ0v) is 21.2. The number of anilines is 1. The van der Waals surface area contributed by atoms with Gasteiger partial charge in [0, 0.05) is 11.5 Å². The Morgan fingerprint density at radius 1 is 1.35 bits per heavy atom. The molecule has 1 aromatic heterocycles. The SMILES string of the molecule is CC(=O)CC(=O)OC1=C(C(=O)O)N2C(=O)C(NC(=O)C(=NOC3C=CCC3)c3nsc(N)n3)[C@H]2SC1C. The first kappa shape index (κ1) is 26.3. The fraction of sp³-hybridized carbons (Fsp3) is 0.429. The number of carboxylic acids is 1. The van der Waals surface area contributed by atoms with Gasteiger partial charge in [-0.1, -0.05) is 11.2 Å². The number of hydrogen-bond donors (Lipinski definition) is 3. The van der Waals surface area contributed by atoms with Crippen molar-refractivity contribution in [2.45, 2.75) is 55.9 Å². The monoisotopic (exact) mass is 550 g/mol. The Morgan fingerprint density at radius 2 is 2.11 bits per heavy atom. The molecule has 0 saturated carbocycles. The first-order chi connectivity index (χ1) is 17.6. The highest BCUT2D eigenvalue weighted by atomic mass is 32.2. The molecule has 16 heteroatoms. The number of Topliss-reactive ketones (excluding diaryl/α,β-unsaturated/α-hetero) is 1. The van der Waals surface area contributed by atoms with Crippen LogP contribution in [0.1, 0.15) is 38.9 Å². The lowest BCUT2D eigenvalue weighted by Crippen LogP contribution is -2.71. The number of fused-ring (bicyclic) bond motifs is 1. The second-order valence-corrected chi connectivity index (χ2v) is 10.5. The summed E-state index contributed by atoms with van der Waals surface area (Å²) in [5, 5.41) is 14.8. The van der Waals surface area contributed by atoms with Gasteiger partial charge in [-0.15, -0.1) is 11.8 Å². The number of amides is 2. The number of hydrogen-bond acceptors (Lipinski definition) is 13. The smallest absolute Gasteiger partial charge is 0.356 e. The van der Waals surface area contributed by atoms with E-state index in [2.05, 4.69) is 19.8 Å². The number of nitrogens with one attached hydrogen (secondary N) is 1. The van der Waals surface area contributed by atoms with Gasteiger partial charge in [0.15, 0.2) is 16.6 Å². The zero-order chi connectivity index (χ0) is 26.9. The van der Waals surface area contributed by atoms with Gasteiger partial charge in [-0.3, -0.25) is 24.1 Å². The van der Waals surface area contributed by atoms with Crippen LogP contribution in [-0.2, 0) is 33.5 Å². The number of aromatic nitrogens is 2. The van der Waals surface area contributed by atoms with E-state index >= 15 is 0 Å². The first-order valence-electron chi connectivity index (χ1n) is 11.0. The van der Waals surface area contributed by atoms with Crippen LogP contribution in [-0.4, -0.2) is 77.4 Å². The molecule has 3 aliphatic rings. The minimum atomic E-state index is -1.50. The summed E-state index contributed by atoms with van der Waals surface area (Å²) in [6, 6.07) is -1.11. The number of esters is 1. The number of aliphatic carboxylic acids is 1. The van der Waals surface area contributed by atoms with Crippen LogP contribution in [0.2, 0.25) is 0 Å². The van der Waals surface area contributed by atoms with Gasteiger partial charge in [0.05, 0.1) is 5.25 Å². The third-order valence-electron chi connectivity index (χ3n) is 5.45. The van der Waals surface area contributed by atoms with Crippen LogP contribution in [0.15, 0.2) is 28.8 Å². The lowest BCUT2D eigenvalue weighted by molar-refractivity contribution is -0.152. The van der Waals surface area contributed by atoms with Gasteiger partial charge in [-0.25, -0.2) is 4.79 Å². The summed E-state index contributed by atoms with van der Waals surface area (Å²) in [7, 11) is 0. The molecule has 3 heterocycles. The number of carboxylic acid groups (broad SMARTS) is 1. The van der Waals surface area contributed by atoms with E-state index in [4.69, 9.17) is 15.3 Å². The number of oxime groups is 1. The van der Waals surface area contributed by atoms with E-state index in [-0.39, 0.29) is 28.5 Å². The number of nitrogen functional groups attached to an aromatic ring is 1. The topological polar surface area (TPSA) is 203 Å². The molecule has 1 fully saturated rings. The molecule has 1 aromatic rings. The third-order valence-corrected chi connectivity index (χ3v) is 7.38. The van der Waals surface area contributed by atoms with Crippen LogP contribution < -0.4 is 11.1 Å². The van der Waals surface area contributed by atoms with Crippen LogP contribution in [0.5, 0.6) is 0 Å². The predicted octanol–water partition coefficient (Wildman–Crippen LogP) is 0.167. The number of ether oxygens (including phenoxy) is 1. The van der Waals surface area contributed by atoms with Crippen molar-refractivity contribution >= 4 is 63.7 Å². The summed E-state index contributed by atoms with van der Waals surface area (Å²) in [5.74, 6) is -4.77. The molecule has 0 radical (unpaired) electrons. The summed E-state index contributed by atoms with van der Waals surface area (Å²) in [6.45, 7) is 2.78. The number of ketones is 1. The molecule has 3 unspecified atom stereocenters.